The molecule has 2 N–H and O–H groups in total. The molecular weight excluding hydrogens is 242 g/mol. The summed E-state index contributed by atoms with van der Waals surface area (Å²) in [5.74, 6) is 0. The van der Waals surface area contributed by atoms with E-state index in [1.807, 2.05) is 24.3 Å². The average molecular weight is 257 g/mol. The summed E-state index contributed by atoms with van der Waals surface area (Å²) in [6.45, 7) is 4.16. The van der Waals surface area contributed by atoms with Crippen LogP contribution in [0.1, 0.15) is 11.1 Å². The van der Waals surface area contributed by atoms with Crippen LogP contribution < -0.4 is 10.6 Å². The van der Waals surface area contributed by atoms with Crippen LogP contribution in [0.25, 0.3) is 0 Å². The number of rotatable bonds is 2. The number of thiocarbonyl (C=S) groups is 1. The molecule has 0 bridgehead atoms. The quantitative estimate of drug-likeness (QED) is 0.807. The van der Waals surface area contributed by atoms with E-state index in [1.165, 1.54) is 11.1 Å². The van der Waals surface area contributed by atoms with Crippen molar-refractivity contribution < 1.29 is 0 Å². The number of nitrogens with zero attached hydrogens (tertiary/aromatic N) is 1. The van der Waals surface area contributed by atoms with Gasteiger partial charge in [0.05, 0.1) is 11.9 Å². The van der Waals surface area contributed by atoms with Crippen molar-refractivity contribution in [1.82, 2.24) is 4.98 Å². The second-order valence-corrected chi connectivity index (χ2v) is 4.48. The number of nitrogens with one attached hydrogen (secondary N) is 2. The smallest absolute Gasteiger partial charge is 0.175 e. The third-order valence-electron chi connectivity index (χ3n) is 2.77. The van der Waals surface area contributed by atoms with Crippen molar-refractivity contribution in [3.05, 3.63) is 53.9 Å². The van der Waals surface area contributed by atoms with Crippen LogP contribution in [0.4, 0.5) is 11.4 Å². The minimum atomic E-state index is 0.566. The van der Waals surface area contributed by atoms with Crippen molar-refractivity contribution >= 4 is 28.7 Å². The molecule has 92 valence electrons. The number of aryl methyl sites for hydroxylation is 1. The molecule has 3 nitrogen and oxygen atoms in total. The molecule has 0 aliphatic rings. The summed E-state index contributed by atoms with van der Waals surface area (Å²) in [7, 11) is 0. The van der Waals surface area contributed by atoms with Crippen LogP contribution in [0.15, 0.2) is 42.7 Å². The lowest BCUT2D eigenvalue weighted by Crippen LogP contribution is -2.19. The first-order valence-electron chi connectivity index (χ1n) is 5.71. The highest BCUT2D eigenvalue weighted by Gasteiger charge is 2.03. The maximum absolute atomic E-state index is 5.27. The van der Waals surface area contributed by atoms with Crippen molar-refractivity contribution in [2.24, 2.45) is 0 Å². The van der Waals surface area contributed by atoms with Gasteiger partial charge in [-0.25, -0.2) is 0 Å². The molecule has 0 atom stereocenters. The van der Waals surface area contributed by atoms with Gasteiger partial charge in [0.15, 0.2) is 5.11 Å². The third-order valence-corrected chi connectivity index (χ3v) is 2.98. The van der Waals surface area contributed by atoms with Gasteiger partial charge in [-0.2, -0.15) is 0 Å². The fraction of sp³-hybridized carbons (Fsp3) is 0.143. The molecule has 2 rings (SSSR count). The van der Waals surface area contributed by atoms with Crippen molar-refractivity contribution in [3.63, 3.8) is 0 Å². The summed E-state index contributed by atoms with van der Waals surface area (Å²) in [4.78, 5) is 4.03. The first kappa shape index (κ1) is 12.5. The molecule has 0 aliphatic heterocycles. The Morgan fingerprint density at radius 1 is 1.11 bits per heavy atom. The van der Waals surface area contributed by atoms with Crippen molar-refractivity contribution in [3.8, 4) is 0 Å². The lowest BCUT2D eigenvalue weighted by atomic mass is 10.1. The van der Waals surface area contributed by atoms with Crippen LogP contribution in [-0.2, 0) is 0 Å². The van der Waals surface area contributed by atoms with E-state index in [9.17, 15) is 0 Å². The highest BCUT2D eigenvalue weighted by molar-refractivity contribution is 7.80. The summed E-state index contributed by atoms with van der Waals surface area (Å²) in [5, 5.41) is 6.85. The minimum Gasteiger partial charge on any atom is -0.332 e. The Morgan fingerprint density at radius 3 is 2.67 bits per heavy atom. The molecule has 1 heterocycles. The predicted molar refractivity (Wildman–Crippen MR) is 80.0 cm³/mol. The van der Waals surface area contributed by atoms with E-state index in [1.54, 1.807) is 12.4 Å². The zero-order chi connectivity index (χ0) is 13.0. The van der Waals surface area contributed by atoms with Crippen LogP contribution in [0.2, 0.25) is 0 Å². The van der Waals surface area contributed by atoms with Gasteiger partial charge in [-0.05, 0) is 55.4 Å². The molecule has 0 fully saturated rings. The molecule has 0 aliphatic carbocycles. The Kier molecular flexibility index (Phi) is 3.89. The summed E-state index contributed by atoms with van der Waals surface area (Å²) >= 11 is 5.27. The zero-order valence-corrected chi connectivity index (χ0v) is 11.2. The number of hydrogen-bond donors (Lipinski definition) is 2. The normalized spacial score (nSPS) is 9.89. The van der Waals surface area contributed by atoms with Crippen molar-refractivity contribution in [2.75, 3.05) is 10.6 Å². The monoisotopic (exact) mass is 257 g/mol. The highest BCUT2D eigenvalue weighted by atomic mass is 32.1. The molecular formula is C14H15N3S. The van der Waals surface area contributed by atoms with Gasteiger partial charge >= 0.3 is 0 Å². The Labute approximate surface area is 112 Å². The fourth-order valence-electron chi connectivity index (χ4n) is 1.61. The molecule has 0 saturated heterocycles. The van der Waals surface area contributed by atoms with Gasteiger partial charge in [-0.15, -0.1) is 0 Å². The van der Waals surface area contributed by atoms with Gasteiger partial charge in [0.2, 0.25) is 0 Å². The van der Waals surface area contributed by atoms with Gasteiger partial charge in [-0.3, -0.25) is 4.98 Å². The molecule has 0 spiro atoms. The number of pyridine rings is 1. The van der Waals surface area contributed by atoms with Gasteiger partial charge in [0, 0.05) is 11.9 Å². The summed E-state index contributed by atoms with van der Waals surface area (Å²) < 4.78 is 0. The second-order valence-electron chi connectivity index (χ2n) is 4.07. The van der Waals surface area contributed by atoms with E-state index in [4.69, 9.17) is 12.2 Å². The summed E-state index contributed by atoms with van der Waals surface area (Å²) in [6.07, 6.45) is 3.46. The number of benzene rings is 1. The van der Waals surface area contributed by atoms with Gasteiger partial charge in [-0.1, -0.05) is 12.1 Å². The molecule has 0 saturated carbocycles. The maximum Gasteiger partial charge on any atom is 0.175 e. The second kappa shape index (κ2) is 5.60. The Balaban J connectivity index is 2.06. The lowest BCUT2D eigenvalue weighted by Gasteiger charge is -2.13. The van der Waals surface area contributed by atoms with Crippen LogP contribution >= 0.6 is 12.2 Å². The number of anilines is 2. The van der Waals surface area contributed by atoms with E-state index in [0.717, 1.165) is 11.4 Å². The van der Waals surface area contributed by atoms with Crippen LogP contribution in [0.5, 0.6) is 0 Å². The van der Waals surface area contributed by atoms with E-state index in [2.05, 4.69) is 35.5 Å². The average Bonchev–Trinajstić information content (AvgIpc) is 2.36. The molecule has 4 heteroatoms. The Hall–Kier alpha value is -1.94. The molecule has 0 radical (unpaired) electrons. The molecule has 1 aromatic carbocycles. The van der Waals surface area contributed by atoms with Crippen molar-refractivity contribution in [1.29, 1.82) is 0 Å². The van der Waals surface area contributed by atoms with E-state index in [-0.39, 0.29) is 0 Å². The van der Waals surface area contributed by atoms with Crippen LogP contribution in [0, 0.1) is 13.8 Å². The van der Waals surface area contributed by atoms with E-state index in [0.29, 0.717) is 5.11 Å². The topological polar surface area (TPSA) is 37.0 Å². The number of aromatic nitrogens is 1. The molecule has 2 aromatic rings. The van der Waals surface area contributed by atoms with Gasteiger partial charge in [0.25, 0.3) is 0 Å². The first-order valence-corrected chi connectivity index (χ1v) is 6.12. The fourth-order valence-corrected chi connectivity index (χ4v) is 1.84. The lowest BCUT2D eigenvalue weighted by molar-refractivity contribution is 1.32. The minimum absolute atomic E-state index is 0.566. The molecule has 18 heavy (non-hydrogen) atoms. The van der Waals surface area contributed by atoms with Gasteiger partial charge in [0.1, 0.15) is 0 Å². The van der Waals surface area contributed by atoms with E-state index >= 15 is 0 Å². The van der Waals surface area contributed by atoms with Crippen LogP contribution in [0.3, 0.4) is 0 Å². The van der Waals surface area contributed by atoms with Crippen molar-refractivity contribution in [2.45, 2.75) is 13.8 Å². The van der Waals surface area contributed by atoms with Gasteiger partial charge < -0.3 is 10.6 Å². The molecule has 1 aromatic heterocycles. The maximum atomic E-state index is 5.27. The Morgan fingerprint density at radius 2 is 1.94 bits per heavy atom. The molecule has 0 unspecified atom stereocenters. The third kappa shape index (κ3) is 3.05. The van der Waals surface area contributed by atoms with E-state index < -0.39 is 0 Å². The number of hydrogen-bond acceptors (Lipinski definition) is 2. The zero-order valence-electron chi connectivity index (χ0n) is 10.4. The summed E-state index contributed by atoms with van der Waals surface area (Å²) in [5.41, 5.74) is 4.34. The largest absolute Gasteiger partial charge is 0.332 e. The Bertz CT molecular complexity index is 552. The first-order chi connectivity index (χ1) is 8.66. The standard InChI is InChI=1S/C14H15N3S/c1-10-5-3-7-13(11(10)2)17-14(18)16-12-6-4-8-15-9-12/h3-9H,1-2H3,(H2,16,17,18). The predicted octanol–water partition coefficient (Wildman–Crippen LogP) is 3.51. The van der Waals surface area contributed by atoms with Crippen LogP contribution in [-0.4, -0.2) is 10.1 Å². The molecule has 0 amide bonds. The summed E-state index contributed by atoms with van der Waals surface area (Å²) in [6, 6.07) is 9.89. The highest BCUT2D eigenvalue weighted by Crippen LogP contribution is 2.18. The SMILES string of the molecule is Cc1cccc(NC(=S)Nc2cccnc2)c1C.